The maximum Gasteiger partial charge on any atom is 0.287 e. The number of nitrogens with one attached hydrogen (secondary N) is 1. The molecule has 1 amide bonds. The first-order chi connectivity index (χ1) is 9.38. The van der Waals surface area contributed by atoms with Crippen LogP contribution in [-0.4, -0.2) is 34.1 Å². The molecule has 1 aliphatic rings. The van der Waals surface area contributed by atoms with Crippen molar-refractivity contribution in [3.05, 3.63) is 17.6 Å². The van der Waals surface area contributed by atoms with Crippen LogP contribution in [0.15, 0.2) is 15.4 Å². The minimum Gasteiger partial charge on any atom is -0.455 e. The topological polar surface area (TPSA) is 85.6 Å². The maximum absolute atomic E-state index is 11.9. The maximum atomic E-state index is 11.9. The fourth-order valence-corrected chi connectivity index (χ4v) is 3.19. The third-order valence-corrected chi connectivity index (χ3v) is 4.68. The minimum absolute atomic E-state index is 0.0474. The predicted molar refractivity (Wildman–Crippen MR) is 72.4 cm³/mol. The number of hydrogen-bond donors (Lipinski definition) is 1. The zero-order valence-electron chi connectivity index (χ0n) is 11.0. The summed E-state index contributed by atoms with van der Waals surface area (Å²) in [6, 6.07) is 1.15. The Bertz CT molecular complexity index is 589. The first kappa shape index (κ1) is 15.3. The van der Waals surface area contributed by atoms with E-state index < -0.39 is 15.0 Å². The molecule has 0 aromatic carbocycles. The molecular formula is C12H16ClNO5S. The molecule has 2 rings (SSSR count). The number of carbonyl (C=O) groups excluding carboxylic acids is 1. The van der Waals surface area contributed by atoms with Gasteiger partial charge < -0.3 is 14.5 Å². The molecule has 1 N–H and O–H groups in total. The quantitative estimate of drug-likeness (QED) is 0.853. The van der Waals surface area contributed by atoms with Crippen LogP contribution in [0.1, 0.15) is 29.2 Å². The summed E-state index contributed by atoms with van der Waals surface area (Å²) in [5, 5.41) is 2.73. The minimum atomic E-state index is -3.90. The highest BCUT2D eigenvalue weighted by Crippen LogP contribution is 2.23. The number of hydrogen-bond acceptors (Lipinski definition) is 5. The molecule has 0 bridgehead atoms. The number of furan rings is 1. The molecule has 1 saturated heterocycles. The van der Waals surface area contributed by atoms with E-state index in [0.29, 0.717) is 25.7 Å². The van der Waals surface area contributed by atoms with Gasteiger partial charge in [-0.25, -0.2) is 8.42 Å². The largest absolute Gasteiger partial charge is 0.455 e. The highest BCUT2D eigenvalue weighted by Gasteiger charge is 2.23. The SMILES string of the molecule is Cc1oc(C(=O)NCC2CCOCC2)cc1S(=O)(=O)Cl. The molecule has 8 heteroatoms. The van der Waals surface area contributed by atoms with Crippen molar-refractivity contribution in [1.29, 1.82) is 0 Å². The van der Waals surface area contributed by atoms with Gasteiger partial charge in [-0.2, -0.15) is 0 Å². The Balaban J connectivity index is 1.99. The van der Waals surface area contributed by atoms with E-state index in [4.69, 9.17) is 19.8 Å². The van der Waals surface area contributed by atoms with Crippen LogP contribution in [0, 0.1) is 12.8 Å². The summed E-state index contributed by atoms with van der Waals surface area (Å²) in [4.78, 5) is 11.7. The van der Waals surface area contributed by atoms with Crippen LogP contribution in [0.4, 0.5) is 0 Å². The van der Waals surface area contributed by atoms with Crippen molar-refractivity contribution in [2.75, 3.05) is 19.8 Å². The van der Waals surface area contributed by atoms with Gasteiger partial charge in [-0.15, -0.1) is 0 Å². The molecule has 2 heterocycles. The summed E-state index contributed by atoms with van der Waals surface area (Å²) in [6.45, 7) is 3.37. The highest BCUT2D eigenvalue weighted by atomic mass is 35.7. The summed E-state index contributed by atoms with van der Waals surface area (Å²) in [5.74, 6) is -0.00357. The Morgan fingerprint density at radius 2 is 2.10 bits per heavy atom. The van der Waals surface area contributed by atoms with Gasteiger partial charge in [-0.1, -0.05) is 0 Å². The number of rotatable bonds is 4. The van der Waals surface area contributed by atoms with Crippen LogP contribution in [-0.2, 0) is 13.8 Å². The molecule has 0 atom stereocenters. The van der Waals surface area contributed by atoms with Crippen LogP contribution in [0.2, 0.25) is 0 Å². The second kappa shape index (κ2) is 6.15. The summed E-state index contributed by atoms with van der Waals surface area (Å²) in [5.41, 5.74) is 0. The molecular weight excluding hydrogens is 306 g/mol. The van der Waals surface area contributed by atoms with Crippen molar-refractivity contribution in [2.45, 2.75) is 24.7 Å². The third kappa shape index (κ3) is 3.74. The van der Waals surface area contributed by atoms with E-state index in [1.165, 1.54) is 6.92 Å². The average Bonchev–Trinajstić information content (AvgIpc) is 2.79. The lowest BCUT2D eigenvalue weighted by Gasteiger charge is -2.21. The Kier molecular flexibility index (Phi) is 4.72. The van der Waals surface area contributed by atoms with E-state index in [1.54, 1.807) is 0 Å². The van der Waals surface area contributed by atoms with Gasteiger partial charge in [0.2, 0.25) is 0 Å². The molecule has 0 radical (unpaired) electrons. The van der Waals surface area contributed by atoms with Crippen LogP contribution in [0.25, 0.3) is 0 Å². The third-order valence-electron chi connectivity index (χ3n) is 3.25. The van der Waals surface area contributed by atoms with E-state index >= 15 is 0 Å². The van der Waals surface area contributed by atoms with Gasteiger partial charge in [0.15, 0.2) is 5.76 Å². The fourth-order valence-electron chi connectivity index (χ4n) is 2.09. The second-order valence-corrected chi connectivity index (χ2v) is 7.27. The Morgan fingerprint density at radius 3 is 2.65 bits per heavy atom. The van der Waals surface area contributed by atoms with Gasteiger partial charge in [0.25, 0.3) is 15.0 Å². The molecule has 1 fully saturated rings. The smallest absolute Gasteiger partial charge is 0.287 e. The van der Waals surface area contributed by atoms with Gasteiger partial charge in [-0.3, -0.25) is 4.79 Å². The molecule has 112 valence electrons. The summed E-state index contributed by atoms with van der Waals surface area (Å²) < 4.78 is 32.9. The first-order valence-corrected chi connectivity index (χ1v) is 8.60. The summed E-state index contributed by atoms with van der Waals surface area (Å²) in [6.07, 6.45) is 1.80. The molecule has 0 unspecified atom stereocenters. The molecule has 0 aliphatic carbocycles. The fraction of sp³-hybridized carbons (Fsp3) is 0.583. The van der Waals surface area contributed by atoms with Gasteiger partial charge in [0.1, 0.15) is 10.7 Å². The molecule has 1 aliphatic heterocycles. The van der Waals surface area contributed by atoms with Crippen LogP contribution in [0.3, 0.4) is 0 Å². The van der Waals surface area contributed by atoms with Crippen LogP contribution in [0.5, 0.6) is 0 Å². The van der Waals surface area contributed by atoms with Crippen LogP contribution >= 0.6 is 10.7 Å². The van der Waals surface area contributed by atoms with Crippen molar-refractivity contribution >= 4 is 25.6 Å². The Morgan fingerprint density at radius 1 is 1.45 bits per heavy atom. The number of halogens is 1. The molecule has 0 saturated carbocycles. The van der Waals surface area contributed by atoms with E-state index in [0.717, 1.165) is 18.9 Å². The summed E-state index contributed by atoms with van der Waals surface area (Å²) in [7, 11) is 1.35. The van der Waals surface area contributed by atoms with E-state index in [-0.39, 0.29) is 16.4 Å². The zero-order chi connectivity index (χ0) is 14.8. The predicted octanol–water partition coefficient (Wildman–Crippen LogP) is 1.67. The number of ether oxygens (including phenoxy) is 1. The monoisotopic (exact) mass is 321 g/mol. The van der Waals surface area contributed by atoms with Crippen molar-refractivity contribution in [2.24, 2.45) is 5.92 Å². The first-order valence-electron chi connectivity index (χ1n) is 6.29. The molecule has 1 aromatic heterocycles. The normalized spacial score (nSPS) is 17.1. The Hall–Kier alpha value is -1.05. The van der Waals surface area contributed by atoms with Crippen LogP contribution < -0.4 is 5.32 Å². The molecule has 0 spiro atoms. The summed E-state index contributed by atoms with van der Waals surface area (Å²) >= 11 is 0. The van der Waals surface area contributed by atoms with Crippen molar-refractivity contribution in [1.82, 2.24) is 5.32 Å². The van der Waals surface area contributed by atoms with Gasteiger partial charge >= 0.3 is 0 Å². The lowest BCUT2D eigenvalue weighted by atomic mass is 10.0. The van der Waals surface area contributed by atoms with E-state index in [1.807, 2.05) is 0 Å². The Labute approximate surface area is 121 Å². The standard InChI is InChI=1S/C12H16ClNO5S/c1-8-11(20(13,16)17)6-10(19-8)12(15)14-7-9-2-4-18-5-3-9/h6,9H,2-5,7H2,1H3,(H,14,15). The lowest BCUT2D eigenvalue weighted by Crippen LogP contribution is -2.31. The highest BCUT2D eigenvalue weighted by molar-refractivity contribution is 8.13. The number of amides is 1. The number of carbonyl (C=O) groups is 1. The van der Waals surface area contributed by atoms with E-state index in [9.17, 15) is 13.2 Å². The van der Waals surface area contributed by atoms with Crippen molar-refractivity contribution < 1.29 is 22.4 Å². The molecule has 1 aromatic rings. The molecule has 20 heavy (non-hydrogen) atoms. The second-order valence-electron chi connectivity index (χ2n) is 4.73. The van der Waals surface area contributed by atoms with E-state index in [2.05, 4.69) is 5.32 Å². The van der Waals surface area contributed by atoms with Gasteiger partial charge in [0.05, 0.1) is 0 Å². The van der Waals surface area contributed by atoms with Gasteiger partial charge in [0, 0.05) is 36.5 Å². The lowest BCUT2D eigenvalue weighted by molar-refractivity contribution is 0.0638. The molecule has 6 nitrogen and oxygen atoms in total. The van der Waals surface area contributed by atoms with Gasteiger partial charge in [-0.05, 0) is 25.7 Å². The average molecular weight is 322 g/mol. The zero-order valence-corrected chi connectivity index (χ0v) is 12.6. The van der Waals surface area contributed by atoms with Crippen molar-refractivity contribution in [3.63, 3.8) is 0 Å². The van der Waals surface area contributed by atoms with Crippen molar-refractivity contribution in [3.8, 4) is 0 Å². The number of aryl methyl sites for hydroxylation is 1.